The second-order valence-electron chi connectivity index (χ2n) is 6.12. The van der Waals surface area contributed by atoms with Crippen LogP contribution in [0.3, 0.4) is 0 Å². The fourth-order valence-electron chi connectivity index (χ4n) is 2.99. The van der Waals surface area contributed by atoms with E-state index in [0.29, 0.717) is 12.2 Å². The minimum Gasteiger partial charge on any atom is -0.350 e. The van der Waals surface area contributed by atoms with Crippen LogP contribution in [0.25, 0.3) is 10.9 Å². The Kier molecular flexibility index (Phi) is 4.62. The summed E-state index contributed by atoms with van der Waals surface area (Å²) in [7, 11) is 6.10. The molecular formula is C19H22N4O. The lowest BCUT2D eigenvalue weighted by Gasteiger charge is -2.24. The summed E-state index contributed by atoms with van der Waals surface area (Å²) in [5.41, 5.74) is 2.84. The average molecular weight is 322 g/mol. The van der Waals surface area contributed by atoms with Crippen molar-refractivity contribution in [3.8, 4) is 0 Å². The molecule has 5 heteroatoms. The highest BCUT2D eigenvalue weighted by Gasteiger charge is 2.20. The molecule has 5 nitrogen and oxygen atoms in total. The standard InChI is InChI=1S/C19H22N4O/c1-22(2)18(12-21-19(24)16-9-6-7-11-20-16)15-13-23(3)17-10-5-4-8-14(15)17/h4-11,13,18H,12H2,1-3H3,(H,21,24). The van der Waals surface area contributed by atoms with E-state index in [0.717, 1.165) is 0 Å². The summed E-state index contributed by atoms with van der Waals surface area (Å²) >= 11 is 0. The van der Waals surface area contributed by atoms with Crippen molar-refractivity contribution in [1.82, 2.24) is 19.8 Å². The Labute approximate surface area is 141 Å². The lowest BCUT2D eigenvalue weighted by atomic mass is 10.0. The van der Waals surface area contributed by atoms with Gasteiger partial charge >= 0.3 is 0 Å². The number of hydrogen-bond donors (Lipinski definition) is 1. The Hall–Kier alpha value is -2.66. The molecule has 1 aromatic carbocycles. The van der Waals surface area contributed by atoms with Crippen molar-refractivity contribution in [2.75, 3.05) is 20.6 Å². The topological polar surface area (TPSA) is 50.2 Å². The van der Waals surface area contributed by atoms with E-state index >= 15 is 0 Å². The number of pyridine rings is 1. The summed E-state index contributed by atoms with van der Waals surface area (Å²) in [6.45, 7) is 0.524. The Bertz CT molecular complexity index is 839. The van der Waals surface area contributed by atoms with Gasteiger partial charge in [0.15, 0.2) is 0 Å². The van der Waals surface area contributed by atoms with Crippen LogP contribution in [0.2, 0.25) is 0 Å². The average Bonchev–Trinajstić information content (AvgIpc) is 2.93. The molecule has 0 aliphatic carbocycles. The summed E-state index contributed by atoms with van der Waals surface area (Å²) in [4.78, 5) is 18.5. The van der Waals surface area contributed by atoms with Crippen molar-refractivity contribution in [2.45, 2.75) is 6.04 Å². The van der Waals surface area contributed by atoms with E-state index < -0.39 is 0 Å². The van der Waals surface area contributed by atoms with Crippen LogP contribution in [0.4, 0.5) is 0 Å². The predicted molar refractivity (Wildman–Crippen MR) is 95.9 cm³/mol. The van der Waals surface area contributed by atoms with Crippen LogP contribution in [0.1, 0.15) is 22.1 Å². The summed E-state index contributed by atoms with van der Waals surface area (Å²) in [5.74, 6) is -0.150. The van der Waals surface area contributed by atoms with Crippen LogP contribution in [-0.4, -0.2) is 41.0 Å². The van der Waals surface area contributed by atoms with Gasteiger partial charge in [-0.15, -0.1) is 0 Å². The number of carbonyl (C=O) groups is 1. The number of aromatic nitrogens is 2. The number of fused-ring (bicyclic) bond motifs is 1. The Balaban J connectivity index is 1.84. The SMILES string of the molecule is CN(C)C(CNC(=O)c1ccccn1)c1cn(C)c2ccccc12. The number of para-hydroxylation sites is 1. The molecule has 3 rings (SSSR count). The van der Waals surface area contributed by atoms with E-state index in [1.54, 1.807) is 18.3 Å². The molecule has 124 valence electrons. The summed E-state index contributed by atoms with van der Waals surface area (Å²) in [5, 5.41) is 4.21. The minimum atomic E-state index is -0.150. The van der Waals surface area contributed by atoms with Crippen molar-refractivity contribution in [2.24, 2.45) is 7.05 Å². The van der Waals surface area contributed by atoms with Crippen LogP contribution in [-0.2, 0) is 7.05 Å². The number of likely N-dealkylation sites (N-methyl/N-ethyl adjacent to an activating group) is 1. The molecule has 24 heavy (non-hydrogen) atoms. The molecule has 2 heterocycles. The minimum absolute atomic E-state index is 0.0868. The van der Waals surface area contributed by atoms with Gasteiger partial charge in [-0.25, -0.2) is 0 Å². The van der Waals surface area contributed by atoms with Gasteiger partial charge in [0.05, 0.1) is 6.04 Å². The first-order valence-electron chi connectivity index (χ1n) is 7.97. The molecule has 0 saturated carbocycles. The molecular weight excluding hydrogens is 300 g/mol. The van der Waals surface area contributed by atoms with Crippen molar-refractivity contribution in [3.05, 3.63) is 66.1 Å². The number of hydrogen-bond acceptors (Lipinski definition) is 3. The second kappa shape index (κ2) is 6.84. The number of benzene rings is 1. The fraction of sp³-hybridized carbons (Fsp3) is 0.263. The molecule has 0 radical (unpaired) electrons. The highest BCUT2D eigenvalue weighted by atomic mass is 16.1. The monoisotopic (exact) mass is 322 g/mol. The summed E-state index contributed by atoms with van der Waals surface area (Å²) in [6, 6.07) is 13.7. The smallest absolute Gasteiger partial charge is 0.269 e. The first kappa shape index (κ1) is 16.2. The van der Waals surface area contributed by atoms with E-state index in [4.69, 9.17) is 0 Å². The lowest BCUT2D eigenvalue weighted by molar-refractivity contribution is 0.0937. The molecule has 1 unspecified atom stereocenters. The molecule has 3 aromatic rings. The van der Waals surface area contributed by atoms with Gasteiger partial charge in [-0.05, 0) is 37.9 Å². The van der Waals surface area contributed by atoms with Crippen LogP contribution in [0, 0.1) is 0 Å². The van der Waals surface area contributed by atoms with Gasteiger partial charge in [-0.3, -0.25) is 9.78 Å². The van der Waals surface area contributed by atoms with Crippen molar-refractivity contribution in [1.29, 1.82) is 0 Å². The highest BCUT2D eigenvalue weighted by Crippen LogP contribution is 2.28. The maximum atomic E-state index is 12.3. The van der Waals surface area contributed by atoms with Gasteiger partial charge in [-0.2, -0.15) is 0 Å². The third kappa shape index (κ3) is 3.16. The van der Waals surface area contributed by atoms with Crippen LogP contribution in [0.5, 0.6) is 0 Å². The molecule has 1 atom stereocenters. The zero-order valence-electron chi connectivity index (χ0n) is 14.2. The normalized spacial score (nSPS) is 12.5. The molecule has 1 N–H and O–H groups in total. The van der Waals surface area contributed by atoms with E-state index in [9.17, 15) is 4.79 Å². The third-order valence-electron chi connectivity index (χ3n) is 4.26. The lowest BCUT2D eigenvalue weighted by Crippen LogP contribution is -2.34. The zero-order valence-corrected chi connectivity index (χ0v) is 14.2. The van der Waals surface area contributed by atoms with Gasteiger partial charge in [0.2, 0.25) is 0 Å². The molecule has 2 aromatic heterocycles. The number of amides is 1. The number of carbonyl (C=O) groups excluding carboxylic acids is 1. The molecule has 0 fully saturated rings. The second-order valence-corrected chi connectivity index (χ2v) is 6.12. The van der Waals surface area contributed by atoms with Crippen LogP contribution in [0.15, 0.2) is 54.9 Å². The molecule has 0 aliphatic rings. The molecule has 0 saturated heterocycles. The zero-order chi connectivity index (χ0) is 17.1. The molecule has 0 aliphatic heterocycles. The quantitative estimate of drug-likeness (QED) is 0.785. The van der Waals surface area contributed by atoms with Crippen molar-refractivity contribution >= 4 is 16.8 Å². The maximum Gasteiger partial charge on any atom is 0.269 e. The van der Waals surface area contributed by atoms with E-state index in [1.165, 1.54) is 16.5 Å². The first-order chi connectivity index (χ1) is 11.6. The third-order valence-corrected chi connectivity index (χ3v) is 4.26. The number of nitrogens with one attached hydrogen (secondary N) is 1. The maximum absolute atomic E-state index is 12.3. The van der Waals surface area contributed by atoms with Gasteiger partial charge in [0.1, 0.15) is 5.69 Å². The van der Waals surface area contributed by atoms with E-state index in [1.807, 2.05) is 39.3 Å². The number of aryl methyl sites for hydroxylation is 1. The van der Waals surface area contributed by atoms with Crippen molar-refractivity contribution in [3.63, 3.8) is 0 Å². The number of nitrogens with zero attached hydrogens (tertiary/aromatic N) is 3. The largest absolute Gasteiger partial charge is 0.350 e. The Morgan fingerprint density at radius 1 is 1.21 bits per heavy atom. The number of rotatable bonds is 5. The summed E-state index contributed by atoms with van der Waals surface area (Å²) < 4.78 is 2.13. The van der Waals surface area contributed by atoms with Crippen LogP contribution < -0.4 is 5.32 Å². The highest BCUT2D eigenvalue weighted by molar-refractivity contribution is 5.92. The Morgan fingerprint density at radius 2 is 1.96 bits per heavy atom. The van der Waals surface area contributed by atoms with Crippen molar-refractivity contribution < 1.29 is 4.79 Å². The molecule has 0 bridgehead atoms. The van der Waals surface area contributed by atoms with Gasteiger partial charge in [0, 0.05) is 36.9 Å². The fourth-order valence-corrected chi connectivity index (χ4v) is 2.99. The van der Waals surface area contributed by atoms with Gasteiger partial charge in [-0.1, -0.05) is 24.3 Å². The van der Waals surface area contributed by atoms with Gasteiger partial charge < -0.3 is 14.8 Å². The Morgan fingerprint density at radius 3 is 2.67 bits per heavy atom. The first-order valence-corrected chi connectivity index (χ1v) is 7.97. The van der Waals surface area contributed by atoms with E-state index in [-0.39, 0.29) is 11.9 Å². The van der Waals surface area contributed by atoms with E-state index in [2.05, 4.69) is 38.1 Å². The van der Waals surface area contributed by atoms with Crippen LogP contribution >= 0.6 is 0 Å². The molecule has 1 amide bonds. The summed E-state index contributed by atoms with van der Waals surface area (Å²) in [6.07, 6.45) is 3.77. The molecule has 0 spiro atoms. The van der Waals surface area contributed by atoms with Gasteiger partial charge in [0.25, 0.3) is 5.91 Å². The predicted octanol–water partition coefficient (Wildman–Crippen LogP) is 2.61.